The molecule has 0 atom stereocenters. The molecule has 0 aliphatic carbocycles. The second-order valence-corrected chi connectivity index (χ2v) is 5.67. The summed E-state index contributed by atoms with van der Waals surface area (Å²) in [5.41, 5.74) is 4.51. The molecule has 0 aromatic heterocycles. The zero-order chi connectivity index (χ0) is 14.7. The van der Waals surface area contributed by atoms with E-state index in [-0.39, 0.29) is 5.82 Å². The molecule has 0 spiro atoms. The second-order valence-electron chi connectivity index (χ2n) is 5.67. The number of anilines is 2. The lowest BCUT2D eigenvalue weighted by molar-refractivity contribution is 0.625. The van der Waals surface area contributed by atoms with Crippen molar-refractivity contribution in [2.75, 3.05) is 23.3 Å². The Morgan fingerprint density at radius 3 is 2.43 bits per heavy atom. The fourth-order valence-corrected chi connectivity index (χ4v) is 2.82. The van der Waals surface area contributed by atoms with Gasteiger partial charge >= 0.3 is 0 Å². The number of hydrogen-bond acceptors (Lipinski definition) is 2. The molecule has 3 rings (SSSR count). The molecule has 3 heteroatoms. The van der Waals surface area contributed by atoms with Crippen molar-refractivity contribution in [1.29, 1.82) is 0 Å². The van der Waals surface area contributed by atoms with Crippen LogP contribution in [0.4, 0.5) is 15.8 Å². The largest absolute Gasteiger partial charge is 0.381 e. The summed E-state index contributed by atoms with van der Waals surface area (Å²) in [6, 6.07) is 13.5. The fraction of sp³-hybridized carbons (Fsp3) is 0.333. The van der Waals surface area contributed by atoms with Crippen LogP contribution in [0.3, 0.4) is 0 Å². The highest BCUT2D eigenvalue weighted by Gasteiger charge is 2.11. The van der Waals surface area contributed by atoms with Crippen LogP contribution in [0.1, 0.15) is 24.0 Å². The third kappa shape index (κ3) is 3.35. The van der Waals surface area contributed by atoms with Gasteiger partial charge in [-0.15, -0.1) is 0 Å². The molecule has 1 heterocycles. The van der Waals surface area contributed by atoms with Crippen molar-refractivity contribution in [2.24, 2.45) is 0 Å². The molecule has 2 aromatic carbocycles. The SMILES string of the molecule is Cc1cc(F)ccc1CNc1ccc(N2CCCC2)cc1. The first kappa shape index (κ1) is 13.9. The van der Waals surface area contributed by atoms with Crippen molar-refractivity contribution in [3.05, 3.63) is 59.4 Å². The fourth-order valence-electron chi connectivity index (χ4n) is 2.82. The van der Waals surface area contributed by atoms with Crippen LogP contribution in [0.5, 0.6) is 0 Å². The Bertz CT molecular complexity index is 601. The summed E-state index contributed by atoms with van der Waals surface area (Å²) < 4.78 is 13.1. The van der Waals surface area contributed by atoms with Crippen molar-refractivity contribution in [3.8, 4) is 0 Å². The van der Waals surface area contributed by atoms with Gasteiger partial charge in [-0.2, -0.15) is 0 Å². The highest BCUT2D eigenvalue weighted by molar-refractivity contribution is 5.55. The molecule has 1 saturated heterocycles. The second kappa shape index (κ2) is 6.17. The molecule has 1 aliphatic rings. The first-order valence-electron chi connectivity index (χ1n) is 7.56. The summed E-state index contributed by atoms with van der Waals surface area (Å²) in [4.78, 5) is 2.42. The maximum atomic E-state index is 13.1. The molecular weight excluding hydrogens is 263 g/mol. The molecule has 0 amide bonds. The van der Waals surface area contributed by atoms with Gasteiger partial charge in [0.05, 0.1) is 0 Å². The number of rotatable bonds is 4. The summed E-state index contributed by atoms with van der Waals surface area (Å²) in [6.07, 6.45) is 2.59. The first-order valence-corrected chi connectivity index (χ1v) is 7.56. The van der Waals surface area contributed by atoms with E-state index in [1.807, 2.05) is 13.0 Å². The molecule has 0 saturated carbocycles. The summed E-state index contributed by atoms with van der Waals surface area (Å²) >= 11 is 0. The molecule has 1 fully saturated rings. The van der Waals surface area contributed by atoms with Gasteiger partial charge in [0.1, 0.15) is 5.82 Å². The highest BCUT2D eigenvalue weighted by atomic mass is 19.1. The van der Waals surface area contributed by atoms with E-state index >= 15 is 0 Å². The molecule has 110 valence electrons. The Kier molecular flexibility index (Phi) is 4.09. The van der Waals surface area contributed by atoms with Gasteiger partial charge in [0.2, 0.25) is 0 Å². The van der Waals surface area contributed by atoms with Crippen molar-refractivity contribution >= 4 is 11.4 Å². The van der Waals surface area contributed by atoms with Crippen LogP contribution in [-0.2, 0) is 6.54 Å². The quantitative estimate of drug-likeness (QED) is 0.898. The van der Waals surface area contributed by atoms with E-state index < -0.39 is 0 Å². The Labute approximate surface area is 125 Å². The molecule has 2 nitrogen and oxygen atoms in total. The third-order valence-electron chi connectivity index (χ3n) is 4.13. The van der Waals surface area contributed by atoms with Gasteiger partial charge in [0.15, 0.2) is 0 Å². The maximum Gasteiger partial charge on any atom is 0.123 e. The van der Waals surface area contributed by atoms with E-state index in [1.165, 1.54) is 37.7 Å². The van der Waals surface area contributed by atoms with Crippen LogP contribution in [0.25, 0.3) is 0 Å². The molecule has 1 aliphatic heterocycles. The minimum Gasteiger partial charge on any atom is -0.381 e. The van der Waals surface area contributed by atoms with Crippen LogP contribution < -0.4 is 10.2 Å². The number of hydrogen-bond donors (Lipinski definition) is 1. The van der Waals surface area contributed by atoms with Gasteiger partial charge in [-0.3, -0.25) is 0 Å². The zero-order valence-corrected chi connectivity index (χ0v) is 12.4. The van der Waals surface area contributed by atoms with E-state index in [4.69, 9.17) is 0 Å². The number of nitrogens with zero attached hydrogens (tertiary/aromatic N) is 1. The Balaban J connectivity index is 1.62. The number of aryl methyl sites for hydroxylation is 1. The third-order valence-corrected chi connectivity index (χ3v) is 4.13. The number of halogens is 1. The summed E-state index contributed by atoms with van der Waals surface area (Å²) in [5.74, 6) is -0.175. The van der Waals surface area contributed by atoms with E-state index in [2.05, 4.69) is 34.5 Å². The normalized spacial score (nSPS) is 14.5. The smallest absolute Gasteiger partial charge is 0.123 e. The van der Waals surface area contributed by atoms with Gasteiger partial charge < -0.3 is 10.2 Å². The molecule has 2 aromatic rings. The maximum absolute atomic E-state index is 13.1. The van der Waals surface area contributed by atoms with Crippen LogP contribution in [0, 0.1) is 12.7 Å². The number of nitrogens with one attached hydrogen (secondary N) is 1. The lowest BCUT2D eigenvalue weighted by Crippen LogP contribution is -2.17. The van der Waals surface area contributed by atoms with E-state index in [1.54, 1.807) is 6.07 Å². The Hall–Kier alpha value is -2.03. The van der Waals surface area contributed by atoms with Crippen molar-refractivity contribution in [1.82, 2.24) is 0 Å². The molecule has 21 heavy (non-hydrogen) atoms. The first-order chi connectivity index (χ1) is 10.2. The molecule has 0 unspecified atom stereocenters. The lowest BCUT2D eigenvalue weighted by Gasteiger charge is -2.18. The zero-order valence-electron chi connectivity index (χ0n) is 12.4. The van der Waals surface area contributed by atoms with Crippen LogP contribution in [0.15, 0.2) is 42.5 Å². The van der Waals surface area contributed by atoms with Gasteiger partial charge in [-0.1, -0.05) is 6.07 Å². The standard InChI is InChI=1S/C18H21FN2/c1-14-12-16(19)5-4-15(14)13-20-17-6-8-18(9-7-17)21-10-2-3-11-21/h4-9,12,20H,2-3,10-11,13H2,1H3. The predicted octanol–water partition coefficient (Wildman–Crippen LogP) is 4.35. The van der Waals surface area contributed by atoms with Gasteiger partial charge in [0, 0.05) is 31.0 Å². The van der Waals surface area contributed by atoms with E-state index in [0.717, 1.165) is 23.4 Å². The molecule has 0 bridgehead atoms. The summed E-state index contributed by atoms with van der Waals surface area (Å²) in [6.45, 7) is 4.99. The van der Waals surface area contributed by atoms with E-state index in [9.17, 15) is 4.39 Å². The van der Waals surface area contributed by atoms with Gasteiger partial charge in [-0.25, -0.2) is 4.39 Å². The topological polar surface area (TPSA) is 15.3 Å². The van der Waals surface area contributed by atoms with Crippen molar-refractivity contribution in [2.45, 2.75) is 26.3 Å². The number of benzene rings is 2. The van der Waals surface area contributed by atoms with Crippen LogP contribution in [-0.4, -0.2) is 13.1 Å². The minimum atomic E-state index is -0.175. The van der Waals surface area contributed by atoms with Gasteiger partial charge in [0.25, 0.3) is 0 Å². The van der Waals surface area contributed by atoms with Crippen LogP contribution >= 0.6 is 0 Å². The summed E-state index contributed by atoms with van der Waals surface area (Å²) in [5, 5.41) is 3.40. The lowest BCUT2D eigenvalue weighted by atomic mass is 10.1. The predicted molar refractivity (Wildman–Crippen MR) is 86.4 cm³/mol. The molecular formula is C18H21FN2. The summed E-state index contributed by atoms with van der Waals surface area (Å²) in [7, 11) is 0. The monoisotopic (exact) mass is 284 g/mol. The van der Waals surface area contributed by atoms with Crippen LogP contribution in [0.2, 0.25) is 0 Å². The molecule has 1 N–H and O–H groups in total. The Morgan fingerprint density at radius 2 is 1.76 bits per heavy atom. The average Bonchev–Trinajstić information content (AvgIpc) is 3.01. The average molecular weight is 284 g/mol. The van der Waals surface area contributed by atoms with E-state index in [0.29, 0.717) is 0 Å². The highest BCUT2D eigenvalue weighted by Crippen LogP contribution is 2.22. The Morgan fingerprint density at radius 1 is 1.05 bits per heavy atom. The van der Waals surface area contributed by atoms with Gasteiger partial charge in [-0.05, 0) is 67.3 Å². The van der Waals surface area contributed by atoms with Crippen molar-refractivity contribution in [3.63, 3.8) is 0 Å². The van der Waals surface area contributed by atoms with Crippen molar-refractivity contribution < 1.29 is 4.39 Å². The minimum absolute atomic E-state index is 0.175. The molecule has 0 radical (unpaired) electrons.